The summed E-state index contributed by atoms with van der Waals surface area (Å²) in [5.41, 5.74) is 1.90. The maximum absolute atomic E-state index is 12.9. The molecule has 2 rings (SSSR count). The molecule has 2 unspecified atom stereocenters. The Morgan fingerprint density at radius 1 is 1.20 bits per heavy atom. The minimum absolute atomic E-state index is 0.106. The third-order valence-corrected chi connectivity index (χ3v) is 8.24. The zero-order chi connectivity index (χ0) is 22.1. The summed E-state index contributed by atoms with van der Waals surface area (Å²) in [6.45, 7) is 2.57. The number of Topliss-reactive ketones (excluding diaryl/α,β-unsaturated/α-hetero) is 1. The molecule has 0 bridgehead atoms. The summed E-state index contributed by atoms with van der Waals surface area (Å²) in [5.74, 6) is 6.24. The van der Waals surface area contributed by atoms with Crippen molar-refractivity contribution in [2.24, 2.45) is 10.9 Å². The summed E-state index contributed by atoms with van der Waals surface area (Å²) in [5, 5.41) is 3.47. The Kier molecular flexibility index (Phi) is 9.43. The Morgan fingerprint density at radius 3 is 2.47 bits per heavy atom. The van der Waals surface area contributed by atoms with Crippen LogP contribution in [0.25, 0.3) is 0 Å². The van der Waals surface area contributed by atoms with Gasteiger partial charge in [0, 0.05) is 16.9 Å². The van der Waals surface area contributed by atoms with Gasteiger partial charge in [-0.15, -0.1) is 11.6 Å². The van der Waals surface area contributed by atoms with Crippen LogP contribution in [0.3, 0.4) is 0 Å². The lowest BCUT2D eigenvalue weighted by Gasteiger charge is -2.17. The van der Waals surface area contributed by atoms with Gasteiger partial charge in [-0.2, -0.15) is 5.10 Å². The van der Waals surface area contributed by atoms with Crippen LogP contribution in [-0.4, -0.2) is 23.9 Å². The fourth-order valence-electron chi connectivity index (χ4n) is 2.58. The van der Waals surface area contributed by atoms with Crippen molar-refractivity contribution >= 4 is 41.3 Å². The van der Waals surface area contributed by atoms with Crippen molar-refractivity contribution in [3.05, 3.63) is 65.2 Å². The van der Waals surface area contributed by atoms with Gasteiger partial charge < -0.3 is 10.4 Å². The number of alkyl halides is 1. The number of carbonyl (C=O) groups excluding carboxylic acids is 1. The molecule has 0 saturated heterocycles. The molecule has 2 atom stereocenters. The standard InChI is InChI=1S/C21H26ClN2O4PS/c1-4-13-30-29(26,27-5-2)28-19-11-9-16(10-12-19)20(24-23)21(25)18-8-6-7-17(14-18)15(3)22/h6-12,14-15H,4-5,13,23H2,1-3H3/b24-20+. The monoisotopic (exact) mass is 468 g/mol. The molecule has 0 aliphatic carbocycles. The molecule has 0 heterocycles. The number of ketones is 1. The van der Waals surface area contributed by atoms with Crippen LogP contribution in [0.15, 0.2) is 53.6 Å². The first-order valence-corrected chi connectivity index (χ1v) is 13.2. The number of benzene rings is 2. The highest BCUT2D eigenvalue weighted by atomic mass is 35.5. The van der Waals surface area contributed by atoms with Gasteiger partial charge in [0.2, 0.25) is 5.78 Å². The van der Waals surface area contributed by atoms with E-state index in [0.717, 1.165) is 12.0 Å². The minimum atomic E-state index is -3.30. The normalized spacial score (nSPS) is 14.7. The molecule has 162 valence electrons. The van der Waals surface area contributed by atoms with Gasteiger partial charge in [0.05, 0.1) is 12.0 Å². The maximum atomic E-state index is 12.9. The SMILES string of the molecule is CCCSP(=O)(OCC)Oc1ccc(/C(=N\N)C(=O)c2cccc(C(C)Cl)c2)cc1. The molecule has 0 spiro atoms. The van der Waals surface area contributed by atoms with Crippen LogP contribution >= 0.6 is 29.8 Å². The number of hydrazone groups is 1. The Balaban J connectivity index is 2.22. The fourth-order valence-corrected chi connectivity index (χ4v) is 6.17. The van der Waals surface area contributed by atoms with E-state index in [2.05, 4.69) is 5.10 Å². The second kappa shape index (κ2) is 11.6. The smallest absolute Gasteiger partial charge is 0.417 e. The number of nitrogens with zero attached hydrogens (tertiary/aromatic N) is 1. The van der Waals surface area contributed by atoms with Crippen LogP contribution in [0.1, 0.15) is 54.1 Å². The Labute approximate surface area is 186 Å². The number of nitrogens with two attached hydrogens (primary N) is 1. The summed E-state index contributed by atoms with van der Waals surface area (Å²) >= 11 is 7.29. The first-order chi connectivity index (χ1) is 14.3. The molecule has 0 radical (unpaired) electrons. The first-order valence-electron chi connectivity index (χ1n) is 9.59. The van der Waals surface area contributed by atoms with Crippen LogP contribution in [0.5, 0.6) is 5.75 Å². The number of hydrogen-bond acceptors (Lipinski definition) is 7. The zero-order valence-electron chi connectivity index (χ0n) is 17.2. The summed E-state index contributed by atoms with van der Waals surface area (Å²) in [7, 11) is 0. The van der Waals surface area contributed by atoms with Crippen LogP contribution < -0.4 is 10.4 Å². The summed E-state index contributed by atoms with van der Waals surface area (Å²) < 4.78 is 23.8. The molecule has 0 fully saturated rings. The van der Waals surface area contributed by atoms with E-state index in [4.69, 9.17) is 26.5 Å². The van der Waals surface area contributed by atoms with Crippen molar-refractivity contribution in [2.75, 3.05) is 12.4 Å². The lowest BCUT2D eigenvalue weighted by Crippen LogP contribution is -2.18. The predicted molar refractivity (Wildman–Crippen MR) is 125 cm³/mol. The van der Waals surface area contributed by atoms with Gasteiger partial charge in [-0.1, -0.05) is 25.1 Å². The van der Waals surface area contributed by atoms with E-state index in [0.29, 0.717) is 22.6 Å². The van der Waals surface area contributed by atoms with Gasteiger partial charge in [0.15, 0.2) is 0 Å². The Morgan fingerprint density at radius 2 is 1.90 bits per heavy atom. The second-order valence-corrected chi connectivity index (χ2v) is 11.1. The highest BCUT2D eigenvalue weighted by Gasteiger charge is 2.26. The molecule has 2 aromatic carbocycles. The van der Waals surface area contributed by atoms with Gasteiger partial charge in [-0.05, 0) is 67.5 Å². The molecule has 0 aromatic heterocycles. The van der Waals surface area contributed by atoms with Crippen molar-refractivity contribution in [1.29, 1.82) is 0 Å². The number of halogens is 1. The summed E-state index contributed by atoms with van der Waals surface area (Å²) in [4.78, 5) is 12.9. The molecular weight excluding hydrogens is 443 g/mol. The van der Waals surface area contributed by atoms with Crippen LogP contribution in [-0.2, 0) is 9.09 Å². The van der Waals surface area contributed by atoms with Crippen molar-refractivity contribution in [3.8, 4) is 5.75 Å². The lowest BCUT2D eigenvalue weighted by atomic mass is 9.98. The average molecular weight is 469 g/mol. The van der Waals surface area contributed by atoms with Gasteiger partial charge >= 0.3 is 6.80 Å². The van der Waals surface area contributed by atoms with E-state index in [9.17, 15) is 9.36 Å². The number of rotatable bonds is 11. The quantitative estimate of drug-likeness (QED) is 0.105. The molecule has 0 aliphatic rings. The number of carbonyl (C=O) groups is 1. The third kappa shape index (κ3) is 6.61. The highest BCUT2D eigenvalue weighted by molar-refractivity contribution is 8.55. The van der Waals surface area contributed by atoms with Crippen LogP contribution in [0, 0.1) is 0 Å². The molecule has 0 saturated carbocycles. The van der Waals surface area contributed by atoms with Crippen LogP contribution in [0.4, 0.5) is 0 Å². The van der Waals surface area contributed by atoms with Gasteiger partial charge in [0.1, 0.15) is 11.5 Å². The molecule has 2 N–H and O–H groups in total. The van der Waals surface area contributed by atoms with Gasteiger partial charge in [0.25, 0.3) is 0 Å². The van der Waals surface area contributed by atoms with E-state index in [1.807, 2.05) is 19.9 Å². The maximum Gasteiger partial charge on any atom is 0.440 e. The van der Waals surface area contributed by atoms with E-state index in [1.54, 1.807) is 49.4 Å². The van der Waals surface area contributed by atoms with Crippen molar-refractivity contribution in [1.82, 2.24) is 0 Å². The topological polar surface area (TPSA) is 91.0 Å². The first kappa shape index (κ1) is 24.5. The molecule has 2 aromatic rings. The summed E-state index contributed by atoms with van der Waals surface area (Å²) in [6, 6.07) is 13.6. The largest absolute Gasteiger partial charge is 0.440 e. The summed E-state index contributed by atoms with van der Waals surface area (Å²) in [6.07, 6.45) is 0.853. The third-order valence-electron chi connectivity index (χ3n) is 4.04. The lowest BCUT2D eigenvalue weighted by molar-refractivity contribution is 0.106. The van der Waals surface area contributed by atoms with Gasteiger partial charge in [-0.25, -0.2) is 4.57 Å². The Bertz CT molecular complexity index is 935. The van der Waals surface area contributed by atoms with Crippen molar-refractivity contribution in [2.45, 2.75) is 32.6 Å². The van der Waals surface area contributed by atoms with E-state index in [-0.39, 0.29) is 23.5 Å². The second-order valence-electron chi connectivity index (χ2n) is 6.36. The zero-order valence-corrected chi connectivity index (χ0v) is 19.7. The van der Waals surface area contributed by atoms with E-state index >= 15 is 0 Å². The molecule has 30 heavy (non-hydrogen) atoms. The fraction of sp³-hybridized carbons (Fsp3) is 0.333. The van der Waals surface area contributed by atoms with Crippen LogP contribution in [0.2, 0.25) is 0 Å². The minimum Gasteiger partial charge on any atom is -0.417 e. The molecule has 0 amide bonds. The van der Waals surface area contributed by atoms with Crippen molar-refractivity contribution < 1.29 is 18.4 Å². The highest BCUT2D eigenvalue weighted by Crippen LogP contribution is 2.60. The van der Waals surface area contributed by atoms with E-state index in [1.165, 1.54) is 11.4 Å². The van der Waals surface area contributed by atoms with Crippen molar-refractivity contribution in [3.63, 3.8) is 0 Å². The Hall–Kier alpha value is -1.79. The number of hydrogen-bond donors (Lipinski definition) is 1. The molecule has 9 heteroatoms. The molecule has 0 aliphatic heterocycles. The molecule has 6 nitrogen and oxygen atoms in total. The predicted octanol–water partition coefficient (Wildman–Crippen LogP) is 6.20. The molecular formula is C21H26ClN2O4PS. The average Bonchev–Trinajstić information content (AvgIpc) is 2.74. The van der Waals surface area contributed by atoms with Gasteiger partial charge in [-0.3, -0.25) is 9.32 Å². The van der Waals surface area contributed by atoms with E-state index < -0.39 is 6.80 Å².